The molecule has 3 atom stereocenters. The lowest BCUT2D eigenvalue weighted by molar-refractivity contribution is -0.0345. The second kappa shape index (κ2) is 5.23. The Bertz CT molecular complexity index is 671. The molecule has 0 saturated carbocycles. The first kappa shape index (κ1) is 15.0. The van der Waals surface area contributed by atoms with Gasteiger partial charge < -0.3 is 19.7 Å². The molecule has 5 nitrogen and oxygen atoms in total. The molecule has 5 heteroatoms. The van der Waals surface area contributed by atoms with Crippen molar-refractivity contribution >= 4 is 0 Å². The number of aliphatic hydroxyl groups is 1. The third-order valence-electron chi connectivity index (χ3n) is 5.78. The van der Waals surface area contributed by atoms with E-state index in [1.165, 1.54) is 11.1 Å². The smallest absolute Gasteiger partial charge is 0.160 e. The average Bonchev–Trinajstić information content (AvgIpc) is 2.92. The van der Waals surface area contributed by atoms with Gasteiger partial charge in [0, 0.05) is 26.6 Å². The van der Waals surface area contributed by atoms with Crippen molar-refractivity contribution in [3.05, 3.63) is 34.9 Å². The third-order valence-corrected chi connectivity index (χ3v) is 5.78. The summed E-state index contributed by atoms with van der Waals surface area (Å²) in [5.41, 5.74) is 3.36. The third kappa shape index (κ3) is 1.97. The standard InChI is InChI=1S/C18H23NO4/c1-22-16-7-11-3-5-19-6-4-12-8-14(20)17(23-2)10-18(12,19)13(11)9-15(16)21/h7-9,14,17,20-21H,3-6,10H2,1-2H3/t14-,17-,18+/m1/s1. The molecule has 0 amide bonds. The fourth-order valence-corrected chi connectivity index (χ4v) is 4.66. The van der Waals surface area contributed by atoms with Crippen molar-refractivity contribution in [3.8, 4) is 11.5 Å². The average molecular weight is 317 g/mol. The van der Waals surface area contributed by atoms with Gasteiger partial charge in [0.15, 0.2) is 11.5 Å². The van der Waals surface area contributed by atoms with Crippen LogP contribution in [0.1, 0.15) is 24.0 Å². The van der Waals surface area contributed by atoms with E-state index in [2.05, 4.69) is 4.90 Å². The Hall–Kier alpha value is -1.56. The van der Waals surface area contributed by atoms with Crippen LogP contribution in [-0.2, 0) is 16.7 Å². The van der Waals surface area contributed by atoms with Crippen LogP contribution in [-0.4, -0.2) is 54.6 Å². The van der Waals surface area contributed by atoms with Gasteiger partial charge in [-0.05, 0) is 41.7 Å². The first-order valence-corrected chi connectivity index (χ1v) is 8.17. The number of methoxy groups -OCH3 is 2. The van der Waals surface area contributed by atoms with Crippen LogP contribution in [0.5, 0.6) is 11.5 Å². The van der Waals surface area contributed by atoms with Crippen LogP contribution in [0.3, 0.4) is 0 Å². The molecule has 124 valence electrons. The van der Waals surface area contributed by atoms with Gasteiger partial charge in [-0.3, -0.25) is 4.90 Å². The van der Waals surface area contributed by atoms with Gasteiger partial charge in [-0.15, -0.1) is 0 Å². The van der Waals surface area contributed by atoms with E-state index in [1.54, 1.807) is 14.2 Å². The second-order valence-electron chi connectivity index (χ2n) is 6.69. The highest BCUT2D eigenvalue weighted by molar-refractivity contribution is 5.55. The molecule has 1 spiro atoms. The van der Waals surface area contributed by atoms with E-state index < -0.39 is 6.10 Å². The summed E-state index contributed by atoms with van der Waals surface area (Å²) in [4.78, 5) is 2.48. The van der Waals surface area contributed by atoms with Crippen molar-refractivity contribution < 1.29 is 19.7 Å². The molecule has 23 heavy (non-hydrogen) atoms. The van der Waals surface area contributed by atoms with E-state index in [0.717, 1.165) is 37.9 Å². The van der Waals surface area contributed by atoms with E-state index in [9.17, 15) is 10.2 Å². The van der Waals surface area contributed by atoms with Gasteiger partial charge in [0.05, 0.1) is 24.9 Å². The number of nitrogens with zero attached hydrogens (tertiary/aromatic N) is 1. The minimum absolute atomic E-state index is 0.175. The van der Waals surface area contributed by atoms with Crippen LogP contribution in [0.4, 0.5) is 0 Å². The number of aromatic hydroxyl groups is 1. The van der Waals surface area contributed by atoms with Crippen molar-refractivity contribution in [2.75, 3.05) is 27.3 Å². The van der Waals surface area contributed by atoms with Gasteiger partial charge in [-0.1, -0.05) is 6.08 Å². The van der Waals surface area contributed by atoms with Gasteiger partial charge in [0.1, 0.15) is 0 Å². The first-order valence-electron chi connectivity index (χ1n) is 8.17. The number of phenols is 1. The molecule has 2 aliphatic heterocycles. The molecule has 1 aromatic rings. The fourth-order valence-electron chi connectivity index (χ4n) is 4.66. The molecule has 0 aromatic heterocycles. The number of rotatable bonds is 2. The molecule has 0 radical (unpaired) electrons. The molecule has 4 rings (SSSR count). The summed E-state index contributed by atoms with van der Waals surface area (Å²) >= 11 is 0. The Labute approximate surface area is 136 Å². The summed E-state index contributed by atoms with van der Waals surface area (Å²) in [7, 11) is 3.23. The Morgan fingerprint density at radius 2 is 2.00 bits per heavy atom. The highest BCUT2D eigenvalue weighted by atomic mass is 16.5. The highest BCUT2D eigenvalue weighted by Gasteiger charge is 2.53. The number of hydrogen-bond donors (Lipinski definition) is 2. The van der Waals surface area contributed by atoms with E-state index in [4.69, 9.17) is 9.47 Å². The topological polar surface area (TPSA) is 62.2 Å². The fraction of sp³-hybridized carbons (Fsp3) is 0.556. The Morgan fingerprint density at radius 1 is 1.22 bits per heavy atom. The van der Waals surface area contributed by atoms with Crippen molar-refractivity contribution in [2.45, 2.75) is 37.0 Å². The van der Waals surface area contributed by atoms with Crippen molar-refractivity contribution in [3.63, 3.8) is 0 Å². The van der Waals surface area contributed by atoms with Crippen LogP contribution in [0.15, 0.2) is 23.8 Å². The summed E-state index contributed by atoms with van der Waals surface area (Å²) in [6.07, 6.45) is 3.80. The molecule has 1 saturated heterocycles. The molecular formula is C18H23NO4. The van der Waals surface area contributed by atoms with Crippen LogP contribution >= 0.6 is 0 Å². The lowest BCUT2D eigenvalue weighted by Gasteiger charge is -2.49. The molecular weight excluding hydrogens is 294 g/mol. The number of fused-ring (bicyclic) bond motifs is 1. The Morgan fingerprint density at radius 3 is 2.74 bits per heavy atom. The predicted octanol–water partition coefficient (Wildman–Crippen LogP) is 1.56. The number of hydrogen-bond acceptors (Lipinski definition) is 5. The Kier molecular flexibility index (Phi) is 3.41. The maximum atomic E-state index is 10.3. The van der Waals surface area contributed by atoms with E-state index >= 15 is 0 Å². The second-order valence-corrected chi connectivity index (χ2v) is 6.69. The minimum Gasteiger partial charge on any atom is -0.504 e. The van der Waals surface area contributed by atoms with Crippen LogP contribution in [0.2, 0.25) is 0 Å². The van der Waals surface area contributed by atoms with Crippen molar-refractivity contribution in [1.82, 2.24) is 4.90 Å². The summed E-state index contributed by atoms with van der Waals surface area (Å²) in [6, 6.07) is 3.81. The zero-order valence-corrected chi connectivity index (χ0v) is 13.6. The maximum absolute atomic E-state index is 10.3. The minimum atomic E-state index is -0.558. The molecule has 1 aromatic carbocycles. The van der Waals surface area contributed by atoms with Gasteiger partial charge in [0.25, 0.3) is 0 Å². The molecule has 1 fully saturated rings. The quantitative estimate of drug-likeness (QED) is 0.811. The summed E-state index contributed by atoms with van der Waals surface area (Å²) < 4.78 is 10.8. The highest BCUT2D eigenvalue weighted by Crippen LogP contribution is 2.54. The van der Waals surface area contributed by atoms with Gasteiger partial charge in [-0.2, -0.15) is 0 Å². The summed E-state index contributed by atoms with van der Waals surface area (Å²) in [5.74, 6) is 0.699. The largest absolute Gasteiger partial charge is 0.504 e. The van der Waals surface area contributed by atoms with Crippen LogP contribution in [0.25, 0.3) is 0 Å². The summed E-state index contributed by atoms with van der Waals surface area (Å²) in [5, 5.41) is 20.6. The van der Waals surface area contributed by atoms with Crippen LogP contribution < -0.4 is 4.74 Å². The number of benzene rings is 1. The van der Waals surface area contributed by atoms with E-state index in [0.29, 0.717) is 5.75 Å². The van der Waals surface area contributed by atoms with Gasteiger partial charge >= 0.3 is 0 Å². The van der Waals surface area contributed by atoms with Gasteiger partial charge in [0.2, 0.25) is 0 Å². The lowest BCUT2D eigenvalue weighted by atomic mass is 9.70. The lowest BCUT2D eigenvalue weighted by Crippen LogP contribution is -2.52. The summed E-state index contributed by atoms with van der Waals surface area (Å²) in [6.45, 7) is 1.96. The molecule has 3 aliphatic rings. The Balaban J connectivity index is 1.91. The van der Waals surface area contributed by atoms with Crippen molar-refractivity contribution in [2.24, 2.45) is 0 Å². The zero-order valence-electron chi connectivity index (χ0n) is 13.6. The normalized spacial score (nSPS) is 32.7. The zero-order chi connectivity index (χ0) is 16.2. The van der Waals surface area contributed by atoms with E-state index in [-0.39, 0.29) is 17.4 Å². The number of ether oxygens (including phenoxy) is 2. The molecule has 2 N–H and O–H groups in total. The monoisotopic (exact) mass is 317 g/mol. The molecule has 1 aliphatic carbocycles. The van der Waals surface area contributed by atoms with Gasteiger partial charge in [-0.25, -0.2) is 0 Å². The predicted molar refractivity (Wildman–Crippen MR) is 85.7 cm³/mol. The molecule has 0 unspecified atom stereocenters. The first-order chi connectivity index (χ1) is 11.1. The SMILES string of the molecule is COc1cc2c(cc1O)[C@]13C[C@@H](OC)[C@H](O)C=C1CCN3CC2. The number of phenolic OH excluding ortho intramolecular Hbond substituents is 1. The van der Waals surface area contributed by atoms with Crippen molar-refractivity contribution in [1.29, 1.82) is 0 Å². The van der Waals surface area contributed by atoms with Crippen LogP contribution in [0, 0.1) is 0 Å². The number of aliphatic hydroxyl groups excluding tert-OH is 1. The molecule has 0 bridgehead atoms. The van der Waals surface area contributed by atoms with E-state index in [1.807, 2.05) is 18.2 Å². The molecule has 2 heterocycles. The maximum Gasteiger partial charge on any atom is 0.160 e.